The number of aliphatic imine (C=N–C) groups is 1. The summed E-state index contributed by atoms with van der Waals surface area (Å²) in [5, 5.41) is 0. The van der Waals surface area contributed by atoms with Gasteiger partial charge in [-0.25, -0.2) is 4.99 Å². The molecule has 0 saturated heterocycles. The topological polar surface area (TPSA) is 28.1 Å². The fourth-order valence-electron chi connectivity index (χ4n) is 0.707. The van der Waals surface area contributed by atoms with Crippen LogP contribution in [0.5, 0.6) is 0 Å². The monoisotopic (exact) mass is 182 g/mol. The van der Waals surface area contributed by atoms with Gasteiger partial charge in [-0.3, -0.25) is 0 Å². The number of hydrogen-bond acceptors (Lipinski definition) is 1. The van der Waals surface area contributed by atoms with E-state index in [0.29, 0.717) is 0 Å². The molecule has 0 aliphatic rings. The summed E-state index contributed by atoms with van der Waals surface area (Å²) in [6.45, 7) is 11.9. The highest BCUT2D eigenvalue weighted by atomic mass is 14.9. The van der Waals surface area contributed by atoms with Crippen molar-refractivity contribution in [3.63, 3.8) is 0 Å². The molecular formula is C11H22N2. The van der Waals surface area contributed by atoms with Crippen molar-refractivity contribution in [3.8, 4) is 0 Å². The lowest BCUT2D eigenvalue weighted by atomic mass is 10.4. The highest BCUT2D eigenvalue weighted by Gasteiger charge is 1.91. The smallest absolute Gasteiger partial charge is 0.132 e. The third-order valence-electron chi connectivity index (χ3n) is 1.19. The number of H-pyrrole nitrogens is 1. The Labute approximate surface area is 82.1 Å². The minimum Gasteiger partial charge on any atom is -0.346 e. The van der Waals surface area contributed by atoms with Gasteiger partial charge in [0.15, 0.2) is 0 Å². The average Bonchev–Trinajstić information content (AvgIpc) is 2.60. The number of nitrogens with zero attached hydrogens (tertiary/aromatic N) is 1. The van der Waals surface area contributed by atoms with E-state index in [0.717, 1.165) is 5.82 Å². The maximum Gasteiger partial charge on any atom is 0.132 e. The average molecular weight is 182 g/mol. The summed E-state index contributed by atoms with van der Waals surface area (Å²) < 4.78 is 0. The largest absolute Gasteiger partial charge is 0.346 e. The quantitative estimate of drug-likeness (QED) is 0.633. The Balaban J connectivity index is 0. The van der Waals surface area contributed by atoms with E-state index in [1.165, 1.54) is 5.56 Å². The molecule has 1 heterocycles. The first-order chi connectivity index (χ1) is 6.34. The van der Waals surface area contributed by atoms with Crippen LogP contribution in [0.15, 0.2) is 17.3 Å². The van der Waals surface area contributed by atoms with Gasteiger partial charge in [-0.2, -0.15) is 0 Å². The molecule has 76 valence electrons. The SMILES string of the molecule is C/C=N\c1[nH]ccc1C.CC.CC. The molecule has 0 unspecified atom stereocenters. The summed E-state index contributed by atoms with van der Waals surface area (Å²) in [4.78, 5) is 7.09. The van der Waals surface area contributed by atoms with Gasteiger partial charge in [-0.15, -0.1) is 0 Å². The van der Waals surface area contributed by atoms with Gasteiger partial charge in [0, 0.05) is 12.4 Å². The van der Waals surface area contributed by atoms with Gasteiger partial charge in [0.05, 0.1) is 0 Å². The minimum atomic E-state index is 0.956. The molecule has 0 amide bonds. The van der Waals surface area contributed by atoms with Crippen molar-refractivity contribution in [3.05, 3.63) is 17.8 Å². The summed E-state index contributed by atoms with van der Waals surface area (Å²) in [5.41, 5.74) is 1.19. The Kier molecular flexibility index (Phi) is 12.2. The second-order valence-electron chi connectivity index (χ2n) is 1.90. The standard InChI is InChI=1S/C7H10N2.2C2H6/c1-3-8-7-6(2)4-5-9-7;2*1-2/h3-5,9H,1-2H3;2*1-2H3/b8-3-;;. The van der Waals surface area contributed by atoms with Crippen LogP contribution >= 0.6 is 0 Å². The van der Waals surface area contributed by atoms with Gasteiger partial charge in [0.25, 0.3) is 0 Å². The molecule has 0 fully saturated rings. The van der Waals surface area contributed by atoms with E-state index in [2.05, 4.69) is 9.98 Å². The first-order valence-corrected chi connectivity index (χ1v) is 4.97. The molecule has 1 N–H and O–H groups in total. The Morgan fingerprint density at radius 1 is 1.23 bits per heavy atom. The maximum absolute atomic E-state index is 4.09. The van der Waals surface area contributed by atoms with Crippen LogP contribution in [0, 0.1) is 6.92 Å². The van der Waals surface area contributed by atoms with Crippen molar-refractivity contribution >= 4 is 12.0 Å². The summed E-state index contributed by atoms with van der Waals surface area (Å²) >= 11 is 0. The molecule has 0 spiro atoms. The van der Waals surface area contributed by atoms with Gasteiger partial charge in [-0.05, 0) is 25.5 Å². The van der Waals surface area contributed by atoms with Crippen LogP contribution in [-0.2, 0) is 0 Å². The van der Waals surface area contributed by atoms with Crippen LogP contribution in [0.25, 0.3) is 0 Å². The number of aryl methyl sites for hydroxylation is 1. The van der Waals surface area contributed by atoms with Crippen LogP contribution in [0.3, 0.4) is 0 Å². The molecule has 13 heavy (non-hydrogen) atoms. The van der Waals surface area contributed by atoms with Gasteiger partial charge in [0.1, 0.15) is 5.82 Å². The van der Waals surface area contributed by atoms with E-state index >= 15 is 0 Å². The molecule has 1 rings (SSSR count). The lowest BCUT2D eigenvalue weighted by molar-refractivity contribution is 1.31. The number of hydrogen-bond donors (Lipinski definition) is 1. The Morgan fingerprint density at radius 2 is 1.77 bits per heavy atom. The van der Waals surface area contributed by atoms with Gasteiger partial charge >= 0.3 is 0 Å². The van der Waals surface area contributed by atoms with Crippen LogP contribution in [0.4, 0.5) is 5.82 Å². The van der Waals surface area contributed by atoms with Crippen molar-refractivity contribution < 1.29 is 0 Å². The molecule has 2 nitrogen and oxygen atoms in total. The highest BCUT2D eigenvalue weighted by Crippen LogP contribution is 2.12. The zero-order valence-electron chi connectivity index (χ0n) is 9.68. The summed E-state index contributed by atoms with van der Waals surface area (Å²) in [6.07, 6.45) is 3.66. The first-order valence-electron chi connectivity index (χ1n) is 4.97. The van der Waals surface area contributed by atoms with E-state index in [-0.39, 0.29) is 0 Å². The highest BCUT2D eigenvalue weighted by molar-refractivity contribution is 5.60. The van der Waals surface area contributed by atoms with Crippen molar-refractivity contribution in [2.24, 2.45) is 4.99 Å². The third kappa shape index (κ3) is 6.14. The summed E-state index contributed by atoms with van der Waals surface area (Å²) in [5.74, 6) is 0.956. The fraction of sp³-hybridized carbons (Fsp3) is 0.545. The zero-order chi connectivity index (χ0) is 10.7. The van der Waals surface area contributed by atoms with E-state index in [1.807, 2.05) is 53.8 Å². The second-order valence-corrected chi connectivity index (χ2v) is 1.90. The molecule has 0 aromatic carbocycles. The maximum atomic E-state index is 4.09. The van der Waals surface area contributed by atoms with Crippen LogP contribution in [-0.4, -0.2) is 11.2 Å². The molecule has 1 aromatic heterocycles. The third-order valence-corrected chi connectivity index (χ3v) is 1.19. The van der Waals surface area contributed by atoms with Crippen LogP contribution < -0.4 is 0 Å². The Bertz CT molecular complexity index is 212. The van der Waals surface area contributed by atoms with E-state index in [1.54, 1.807) is 6.21 Å². The van der Waals surface area contributed by atoms with Crippen molar-refractivity contribution in [1.29, 1.82) is 0 Å². The number of nitrogens with one attached hydrogen (secondary N) is 1. The minimum absolute atomic E-state index is 0.956. The lowest BCUT2D eigenvalue weighted by Crippen LogP contribution is -1.66. The summed E-state index contributed by atoms with van der Waals surface area (Å²) in [7, 11) is 0. The van der Waals surface area contributed by atoms with Gasteiger partial charge in [-0.1, -0.05) is 27.7 Å². The molecule has 2 heteroatoms. The number of aromatic nitrogens is 1. The van der Waals surface area contributed by atoms with E-state index in [9.17, 15) is 0 Å². The summed E-state index contributed by atoms with van der Waals surface area (Å²) in [6, 6.07) is 2.00. The van der Waals surface area contributed by atoms with Crippen LogP contribution in [0.1, 0.15) is 40.2 Å². The van der Waals surface area contributed by atoms with Crippen molar-refractivity contribution in [2.45, 2.75) is 41.5 Å². The molecule has 0 atom stereocenters. The van der Waals surface area contributed by atoms with Gasteiger partial charge < -0.3 is 4.98 Å². The molecule has 0 aliphatic carbocycles. The molecule has 0 saturated carbocycles. The number of aromatic amines is 1. The van der Waals surface area contributed by atoms with E-state index in [4.69, 9.17) is 0 Å². The predicted octanol–water partition coefficient (Wildman–Crippen LogP) is 4.10. The fourth-order valence-corrected chi connectivity index (χ4v) is 0.707. The molecule has 0 bridgehead atoms. The molecular weight excluding hydrogens is 160 g/mol. The molecule has 0 radical (unpaired) electrons. The molecule has 0 aliphatic heterocycles. The van der Waals surface area contributed by atoms with Crippen molar-refractivity contribution in [2.75, 3.05) is 0 Å². The molecule has 1 aromatic rings. The first kappa shape index (κ1) is 14.5. The Morgan fingerprint density at radius 3 is 2.08 bits per heavy atom. The van der Waals surface area contributed by atoms with E-state index < -0.39 is 0 Å². The van der Waals surface area contributed by atoms with Gasteiger partial charge in [0.2, 0.25) is 0 Å². The predicted molar refractivity (Wildman–Crippen MR) is 62.1 cm³/mol. The van der Waals surface area contributed by atoms with Crippen LogP contribution in [0.2, 0.25) is 0 Å². The number of rotatable bonds is 1. The normalized spacial score (nSPS) is 8.46. The zero-order valence-corrected chi connectivity index (χ0v) is 9.68. The lowest BCUT2D eigenvalue weighted by Gasteiger charge is -1.85. The Hall–Kier alpha value is -1.05. The van der Waals surface area contributed by atoms with Crippen molar-refractivity contribution in [1.82, 2.24) is 4.98 Å². The second kappa shape index (κ2) is 11.0.